The molecule has 0 aromatic heterocycles. The van der Waals surface area contributed by atoms with E-state index in [0.717, 1.165) is 11.8 Å². The summed E-state index contributed by atoms with van der Waals surface area (Å²) in [6.45, 7) is 7.70. The quantitative estimate of drug-likeness (QED) is 0.495. The van der Waals surface area contributed by atoms with E-state index in [0.29, 0.717) is 10.8 Å². The van der Waals surface area contributed by atoms with Crippen molar-refractivity contribution in [3.05, 3.63) is 11.6 Å². The Morgan fingerprint density at radius 2 is 1.88 bits per heavy atom. The lowest BCUT2D eigenvalue weighted by atomic mass is 9.46. The Morgan fingerprint density at radius 3 is 2.71 bits per heavy atom. The van der Waals surface area contributed by atoms with Crippen LogP contribution in [0.5, 0.6) is 0 Å². The zero-order chi connectivity index (χ0) is 12.1. The molecule has 2 fully saturated rings. The Morgan fingerprint density at radius 1 is 1.06 bits per heavy atom. The Balaban J connectivity index is 1.97. The van der Waals surface area contributed by atoms with Gasteiger partial charge in [0.15, 0.2) is 0 Å². The van der Waals surface area contributed by atoms with Crippen LogP contribution in [0.1, 0.15) is 72.1 Å². The maximum absolute atomic E-state index is 2.63. The Kier molecular flexibility index (Phi) is 2.69. The smallest absolute Gasteiger partial charge is 0.0146 e. The summed E-state index contributed by atoms with van der Waals surface area (Å²) in [7, 11) is 0. The summed E-state index contributed by atoms with van der Waals surface area (Å²) in [5.41, 5.74) is 3.06. The molecule has 96 valence electrons. The van der Waals surface area contributed by atoms with Crippen LogP contribution in [0.2, 0.25) is 0 Å². The van der Waals surface area contributed by atoms with Gasteiger partial charge in [-0.15, -0.1) is 0 Å². The van der Waals surface area contributed by atoms with Gasteiger partial charge in [0.05, 0.1) is 0 Å². The third kappa shape index (κ3) is 1.71. The van der Waals surface area contributed by atoms with Crippen LogP contribution < -0.4 is 0 Å². The van der Waals surface area contributed by atoms with E-state index < -0.39 is 0 Å². The molecule has 1 unspecified atom stereocenters. The van der Waals surface area contributed by atoms with Crippen molar-refractivity contribution in [1.82, 2.24) is 0 Å². The molecule has 3 aliphatic carbocycles. The van der Waals surface area contributed by atoms with Crippen LogP contribution >= 0.6 is 0 Å². The van der Waals surface area contributed by atoms with Gasteiger partial charge in [-0.2, -0.15) is 0 Å². The third-order valence-electron chi connectivity index (χ3n) is 6.34. The van der Waals surface area contributed by atoms with Gasteiger partial charge >= 0.3 is 0 Å². The molecule has 3 atom stereocenters. The van der Waals surface area contributed by atoms with Gasteiger partial charge in [0, 0.05) is 0 Å². The van der Waals surface area contributed by atoms with Crippen LogP contribution in [-0.4, -0.2) is 0 Å². The predicted molar refractivity (Wildman–Crippen MR) is 73.9 cm³/mol. The highest BCUT2D eigenvalue weighted by molar-refractivity contribution is 5.20. The van der Waals surface area contributed by atoms with Gasteiger partial charge in [-0.1, -0.05) is 38.8 Å². The highest BCUT2D eigenvalue weighted by Crippen LogP contribution is 2.62. The van der Waals surface area contributed by atoms with Crippen molar-refractivity contribution in [3.8, 4) is 0 Å². The summed E-state index contributed by atoms with van der Waals surface area (Å²) >= 11 is 0. The molecule has 0 heterocycles. The summed E-state index contributed by atoms with van der Waals surface area (Å²) < 4.78 is 0. The number of hydrogen-bond acceptors (Lipinski definition) is 0. The van der Waals surface area contributed by atoms with Gasteiger partial charge < -0.3 is 0 Å². The lowest BCUT2D eigenvalue weighted by Gasteiger charge is -2.58. The van der Waals surface area contributed by atoms with Crippen molar-refractivity contribution < 1.29 is 0 Å². The zero-order valence-electron chi connectivity index (χ0n) is 11.9. The van der Waals surface area contributed by atoms with Gasteiger partial charge in [0.25, 0.3) is 0 Å². The van der Waals surface area contributed by atoms with Crippen molar-refractivity contribution in [1.29, 1.82) is 0 Å². The Labute approximate surface area is 107 Å². The maximum atomic E-state index is 2.63. The largest absolute Gasteiger partial charge is 0.0850 e. The fourth-order valence-electron chi connectivity index (χ4n) is 5.58. The highest BCUT2D eigenvalue weighted by Gasteiger charge is 2.52. The number of hydrogen-bond donors (Lipinski definition) is 0. The van der Waals surface area contributed by atoms with Crippen LogP contribution in [0.3, 0.4) is 0 Å². The molecule has 2 saturated carbocycles. The second-order valence-corrected chi connectivity index (χ2v) is 7.70. The molecule has 0 heteroatoms. The highest BCUT2D eigenvalue weighted by atomic mass is 14.6. The lowest BCUT2D eigenvalue weighted by molar-refractivity contribution is -0.0562. The molecule has 0 amide bonds. The van der Waals surface area contributed by atoms with E-state index in [1.54, 1.807) is 0 Å². The van der Waals surface area contributed by atoms with Crippen molar-refractivity contribution in [3.63, 3.8) is 0 Å². The summed E-state index contributed by atoms with van der Waals surface area (Å²) in [5.74, 6) is 1.92. The van der Waals surface area contributed by atoms with E-state index in [2.05, 4.69) is 26.8 Å². The summed E-state index contributed by atoms with van der Waals surface area (Å²) in [5, 5.41) is 0. The minimum Gasteiger partial charge on any atom is -0.0850 e. The second-order valence-electron chi connectivity index (χ2n) is 7.70. The Bertz CT molecular complexity index is 336. The average molecular weight is 232 g/mol. The molecule has 0 N–H and O–H groups in total. The van der Waals surface area contributed by atoms with E-state index in [4.69, 9.17) is 0 Å². The van der Waals surface area contributed by atoms with Crippen LogP contribution in [0.4, 0.5) is 0 Å². The predicted octanol–water partition coefficient (Wildman–Crippen LogP) is 5.34. The normalized spacial score (nSPS) is 44.5. The number of rotatable bonds is 0. The second kappa shape index (κ2) is 3.87. The van der Waals surface area contributed by atoms with Crippen molar-refractivity contribution in [2.45, 2.75) is 72.1 Å². The topological polar surface area (TPSA) is 0 Å². The first kappa shape index (κ1) is 11.8. The SMILES string of the molecule is CC1(C)CCC[C@]2(C)C1CCC1=CCCC[C@H]12. The molecule has 0 aliphatic heterocycles. The monoisotopic (exact) mass is 232 g/mol. The van der Waals surface area contributed by atoms with Gasteiger partial charge in [-0.05, 0) is 67.6 Å². The summed E-state index contributed by atoms with van der Waals surface area (Å²) in [6, 6.07) is 0. The minimum atomic E-state index is 0.593. The fourth-order valence-corrected chi connectivity index (χ4v) is 5.58. The first-order chi connectivity index (χ1) is 8.04. The fraction of sp³-hybridized carbons (Fsp3) is 0.882. The Hall–Kier alpha value is -0.260. The molecule has 0 aromatic carbocycles. The van der Waals surface area contributed by atoms with Crippen LogP contribution in [-0.2, 0) is 0 Å². The summed E-state index contributed by atoms with van der Waals surface area (Å²) in [4.78, 5) is 0. The third-order valence-corrected chi connectivity index (χ3v) is 6.34. The molecule has 0 bridgehead atoms. The minimum absolute atomic E-state index is 0.593. The van der Waals surface area contributed by atoms with Crippen LogP contribution in [0.25, 0.3) is 0 Å². The number of allylic oxidation sites excluding steroid dienone is 2. The molecule has 3 aliphatic rings. The first-order valence-electron chi connectivity index (χ1n) is 7.73. The van der Waals surface area contributed by atoms with Crippen molar-refractivity contribution >= 4 is 0 Å². The molecular weight excluding hydrogens is 204 g/mol. The van der Waals surface area contributed by atoms with Crippen molar-refractivity contribution in [2.75, 3.05) is 0 Å². The van der Waals surface area contributed by atoms with Crippen LogP contribution in [0, 0.1) is 22.7 Å². The molecule has 0 aromatic rings. The standard InChI is InChI=1S/C17H28/c1-16(2)11-6-12-17(3)14-8-5-4-7-13(14)9-10-15(16)17/h7,14-15H,4-6,8-12H2,1-3H3/t14-,15?,17+/m1/s1. The summed E-state index contributed by atoms with van der Waals surface area (Å²) in [6.07, 6.45) is 14.2. The van der Waals surface area contributed by atoms with Gasteiger partial charge in [0.1, 0.15) is 0 Å². The molecule has 0 nitrogen and oxygen atoms in total. The van der Waals surface area contributed by atoms with E-state index >= 15 is 0 Å². The van der Waals surface area contributed by atoms with E-state index in [1.165, 1.54) is 51.4 Å². The molecule has 0 spiro atoms. The number of fused-ring (bicyclic) bond motifs is 3. The van der Waals surface area contributed by atoms with E-state index in [1.807, 2.05) is 5.57 Å². The molecular formula is C17H28. The van der Waals surface area contributed by atoms with E-state index in [9.17, 15) is 0 Å². The molecule has 3 rings (SSSR count). The van der Waals surface area contributed by atoms with Gasteiger partial charge in [0.2, 0.25) is 0 Å². The molecule has 0 saturated heterocycles. The van der Waals surface area contributed by atoms with Gasteiger partial charge in [-0.3, -0.25) is 0 Å². The molecule has 0 radical (unpaired) electrons. The van der Waals surface area contributed by atoms with E-state index in [-0.39, 0.29) is 0 Å². The maximum Gasteiger partial charge on any atom is -0.0146 e. The van der Waals surface area contributed by atoms with Crippen LogP contribution in [0.15, 0.2) is 11.6 Å². The first-order valence-corrected chi connectivity index (χ1v) is 7.73. The van der Waals surface area contributed by atoms with Gasteiger partial charge in [-0.25, -0.2) is 0 Å². The average Bonchev–Trinajstić information content (AvgIpc) is 2.28. The molecule has 17 heavy (non-hydrogen) atoms. The lowest BCUT2D eigenvalue weighted by Crippen LogP contribution is -2.49. The van der Waals surface area contributed by atoms with Crippen molar-refractivity contribution in [2.24, 2.45) is 22.7 Å². The zero-order valence-corrected chi connectivity index (χ0v) is 11.9.